The minimum Gasteiger partial charge on any atom is -0.322 e. The molecule has 24 heavy (non-hydrogen) atoms. The fourth-order valence-electron chi connectivity index (χ4n) is 2.93. The van der Waals surface area contributed by atoms with Crippen molar-refractivity contribution >= 4 is 17.7 Å². The molecule has 3 amide bonds. The highest BCUT2D eigenvalue weighted by atomic mass is 16.2. The number of hydrogen-bond acceptors (Lipinski definition) is 4. The number of hydrogen-bond donors (Lipinski definition) is 2. The first kappa shape index (κ1) is 16.2. The van der Waals surface area contributed by atoms with E-state index in [1.165, 1.54) is 4.90 Å². The molecule has 0 aliphatic carbocycles. The number of imide groups is 1. The number of fused-ring (bicyclic) bond motifs is 1. The summed E-state index contributed by atoms with van der Waals surface area (Å²) in [7, 11) is 0. The first-order valence-electron chi connectivity index (χ1n) is 7.85. The van der Waals surface area contributed by atoms with Gasteiger partial charge in [-0.15, -0.1) is 0 Å². The monoisotopic (exact) mass is 325 g/mol. The van der Waals surface area contributed by atoms with E-state index >= 15 is 0 Å². The van der Waals surface area contributed by atoms with Gasteiger partial charge in [0.2, 0.25) is 11.8 Å². The minimum absolute atomic E-state index is 0.199. The predicted molar refractivity (Wildman–Crippen MR) is 87.6 cm³/mol. The fourth-order valence-corrected chi connectivity index (χ4v) is 2.93. The Balaban J connectivity index is 1.91. The van der Waals surface area contributed by atoms with Gasteiger partial charge < -0.3 is 10.6 Å². The fraction of sp³-hybridized carbons (Fsp3) is 0.389. The number of benzene rings is 1. The molecule has 0 spiro atoms. The number of carbonyl (C=O) groups is 3. The van der Waals surface area contributed by atoms with Crippen molar-refractivity contribution in [3.63, 3.8) is 0 Å². The molecule has 1 unspecified atom stereocenters. The van der Waals surface area contributed by atoms with Crippen molar-refractivity contribution in [2.45, 2.75) is 44.8 Å². The van der Waals surface area contributed by atoms with Gasteiger partial charge in [-0.1, -0.05) is 17.9 Å². The van der Waals surface area contributed by atoms with Gasteiger partial charge >= 0.3 is 0 Å². The quantitative estimate of drug-likeness (QED) is 0.582. The molecule has 3 rings (SSSR count). The van der Waals surface area contributed by atoms with E-state index in [0.29, 0.717) is 18.5 Å². The highest BCUT2D eigenvalue weighted by Gasteiger charge is 2.39. The summed E-state index contributed by atoms with van der Waals surface area (Å²) in [4.78, 5) is 37.5. The van der Waals surface area contributed by atoms with Crippen LogP contribution in [0.2, 0.25) is 0 Å². The van der Waals surface area contributed by atoms with Crippen molar-refractivity contribution in [1.29, 1.82) is 0 Å². The standard InChI is InChI=1S/C18H19N3O3/c1-18(2,19)9-8-11-4-3-5-12-13(11)10-21(17(12)24)14-6-7-15(22)20-16(14)23/h3-5,14H,6-7,10,19H2,1-2H3,(H,20,22,23). The van der Waals surface area contributed by atoms with Gasteiger partial charge in [0.25, 0.3) is 5.91 Å². The molecular formula is C18H19N3O3. The van der Waals surface area contributed by atoms with E-state index in [1.807, 2.05) is 19.9 Å². The van der Waals surface area contributed by atoms with E-state index < -0.39 is 17.5 Å². The molecule has 6 heteroatoms. The van der Waals surface area contributed by atoms with Gasteiger partial charge in [-0.3, -0.25) is 19.7 Å². The molecule has 1 atom stereocenters. The summed E-state index contributed by atoms with van der Waals surface area (Å²) < 4.78 is 0. The Kier molecular flexibility index (Phi) is 3.90. The lowest BCUT2D eigenvalue weighted by Crippen LogP contribution is -2.52. The smallest absolute Gasteiger partial charge is 0.255 e. The van der Waals surface area contributed by atoms with Gasteiger partial charge in [0, 0.05) is 24.1 Å². The lowest BCUT2D eigenvalue weighted by Gasteiger charge is -2.29. The van der Waals surface area contributed by atoms with Crippen molar-refractivity contribution in [1.82, 2.24) is 10.2 Å². The second-order valence-electron chi connectivity index (χ2n) is 6.70. The van der Waals surface area contributed by atoms with Crippen LogP contribution in [-0.4, -0.2) is 34.2 Å². The summed E-state index contributed by atoms with van der Waals surface area (Å²) >= 11 is 0. The van der Waals surface area contributed by atoms with Crippen LogP contribution in [0.4, 0.5) is 0 Å². The highest BCUT2D eigenvalue weighted by Crippen LogP contribution is 2.29. The van der Waals surface area contributed by atoms with Crippen molar-refractivity contribution < 1.29 is 14.4 Å². The predicted octanol–water partition coefficient (Wildman–Crippen LogP) is 0.536. The normalized spacial score (nSPS) is 20.4. The average Bonchev–Trinajstić information content (AvgIpc) is 2.82. The average molecular weight is 325 g/mol. The summed E-state index contributed by atoms with van der Waals surface area (Å²) in [6.45, 7) is 3.93. The Morgan fingerprint density at radius 3 is 2.71 bits per heavy atom. The molecular weight excluding hydrogens is 306 g/mol. The zero-order chi connectivity index (χ0) is 17.5. The first-order chi connectivity index (χ1) is 11.3. The molecule has 1 fully saturated rings. The molecule has 1 aromatic rings. The Hall–Kier alpha value is -2.65. The largest absolute Gasteiger partial charge is 0.322 e. The molecule has 124 valence electrons. The van der Waals surface area contributed by atoms with Crippen molar-refractivity contribution in [2.75, 3.05) is 0 Å². The summed E-state index contributed by atoms with van der Waals surface area (Å²) in [6.07, 6.45) is 0.589. The van der Waals surface area contributed by atoms with Gasteiger partial charge in [-0.25, -0.2) is 0 Å². The zero-order valence-corrected chi connectivity index (χ0v) is 13.7. The molecule has 3 N–H and O–H groups in total. The molecule has 0 aromatic heterocycles. The topological polar surface area (TPSA) is 92.5 Å². The summed E-state index contributed by atoms with van der Waals surface area (Å²) in [5, 5.41) is 2.30. The maximum absolute atomic E-state index is 12.7. The van der Waals surface area contributed by atoms with Gasteiger partial charge in [0.05, 0.1) is 5.54 Å². The van der Waals surface area contributed by atoms with Gasteiger partial charge in [-0.05, 0) is 38.0 Å². The highest BCUT2D eigenvalue weighted by molar-refractivity contribution is 6.05. The number of piperidine rings is 1. The number of rotatable bonds is 1. The van der Waals surface area contributed by atoms with Crippen LogP contribution < -0.4 is 11.1 Å². The third-order valence-electron chi connectivity index (χ3n) is 4.10. The Morgan fingerprint density at radius 1 is 1.29 bits per heavy atom. The molecule has 1 saturated heterocycles. The first-order valence-corrected chi connectivity index (χ1v) is 7.85. The minimum atomic E-state index is -0.630. The second kappa shape index (κ2) is 5.77. The lowest BCUT2D eigenvalue weighted by molar-refractivity contribution is -0.136. The van der Waals surface area contributed by atoms with Crippen molar-refractivity contribution in [3.8, 4) is 11.8 Å². The molecule has 2 aliphatic rings. The second-order valence-corrected chi connectivity index (χ2v) is 6.70. The number of nitrogens with two attached hydrogens (primary N) is 1. The molecule has 1 aromatic carbocycles. The summed E-state index contributed by atoms with van der Waals surface area (Å²) in [5.41, 5.74) is 7.38. The van der Waals surface area contributed by atoms with E-state index in [1.54, 1.807) is 12.1 Å². The van der Waals surface area contributed by atoms with Crippen LogP contribution in [0.5, 0.6) is 0 Å². The van der Waals surface area contributed by atoms with Crippen LogP contribution in [0.3, 0.4) is 0 Å². The van der Waals surface area contributed by atoms with Gasteiger partial charge in [0.15, 0.2) is 0 Å². The van der Waals surface area contributed by atoms with Crippen LogP contribution in [0.25, 0.3) is 0 Å². The summed E-state index contributed by atoms with van der Waals surface area (Å²) in [5.74, 6) is 5.10. The summed E-state index contributed by atoms with van der Waals surface area (Å²) in [6, 6.07) is 4.74. The van der Waals surface area contributed by atoms with E-state index in [-0.39, 0.29) is 18.2 Å². The Labute approximate surface area is 140 Å². The molecule has 2 aliphatic heterocycles. The molecule has 0 bridgehead atoms. The van der Waals surface area contributed by atoms with Gasteiger partial charge in [0.1, 0.15) is 6.04 Å². The molecule has 0 saturated carbocycles. The van der Waals surface area contributed by atoms with Crippen LogP contribution in [0.15, 0.2) is 18.2 Å². The Bertz CT molecular complexity index is 796. The van der Waals surface area contributed by atoms with Crippen molar-refractivity contribution in [3.05, 3.63) is 34.9 Å². The third-order valence-corrected chi connectivity index (χ3v) is 4.10. The van der Waals surface area contributed by atoms with Crippen LogP contribution >= 0.6 is 0 Å². The number of carbonyl (C=O) groups excluding carboxylic acids is 3. The maximum atomic E-state index is 12.7. The SMILES string of the molecule is CC(C)(N)C#Cc1cccc2c1CN(C1CCC(=O)NC1=O)C2=O. The van der Waals surface area contributed by atoms with Gasteiger partial charge in [-0.2, -0.15) is 0 Å². The van der Waals surface area contributed by atoms with E-state index in [4.69, 9.17) is 5.73 Å². The lowest BCUT2D eigenvalue weighted by atomic mass is 10.0. The number of nitrogens with zero attached hydrogens (tertiary/aromatic N) is 1. The molecule has 0 radical (unpaired) electrons. The third kappa shape index (κ3) is 3.03. The number of amides is 3. The zero-order valence-electron chi connectivity index (χ0n) is 13.7. The molecule has 2 heterocycles. The number of nitrogens with one attached hydrogen (secondary N) is 1. The maximum Gasteiger partial charge on any atom is 0.255 e. The van der Waals surface area contributed by atoms with E-state index in [9.17, 15) is 14.4 Å². The molecule has 6 nitrogen and oxygen atoms in total. The van der Waals surface area contributed by atoms with Crippen molar-refractivity contribution in [2.24, 2.45) is 5.73 Å². The van der Waals surface area contributed by atoms with E-state index in [2.05, 4.69) is 17.2 Å². The Morgan fingerprint density at radius 2 is 2.04 bits per heavy atom. The van der Waals surface area contributed by atoms with Crippen LogP contribution in [-0.2, 0) is 16.1 Å². The van der Waals surface area contributed by atoms with Crippen LogP contribution in [0.1, 0.15) is 48.2 Å². The van der Waals surface area contributed by atoms with E-state index in [0.717, 1.165) is 11.1 Å². The van der Waals surface area contributed by atoms with Crippen LogP contribution in [0, 0.1) is 11.8 Å².